The van der Waals surface area contributed by atoms with E-state index in [-0.39, 0.29) is 0 Å². The maximum absolute atomic E-state index is 3.51. The Hall–Kier alpha value is 0.190. The van der Waals surface area contributed by atoms with Crippen molar-refractivity contribution in [3.8, 4) is 0 Å². The molecule has 2 rings (SSSR count). The van der Waals surface area contributed by atoms with E-state index in [4.69, 9.17) is 0 Å². The van der Waals surface area contributed by atoms with E-state index in [1.54, 1.807) is 0 Å². The standard InChI is InChI=1S/C14H15Br2NS2/c1-17-12(7-14-6-11(16)8-18-14)9-19-13-4-2-10(15)3-5-13/h2-6,8,12,17H,7,9H2,1H3. The van der Waals surface area contributed by atoms with E-state index in [2.05, 4.69) is 72.9 Å². The van der Waals surface area contributed by atoms with Crippen molar-refractivity contribution < 1.29 is 0 Å². The first-order valence-electron chi connectivity index (χ1n) is 5.96. The largest absolute Gasteiger partial charge is 0.316 e. The summed E-state index contributed by atoms with van der Waals surface area (Å²) in [5, 5.41) is 5.55. The van der Waals surface area contributed by atoms with Gasteiger partial charge in [-0.05, 0) is 59.7 Å². The Labute approximate surface area is 139 Å². The second-order valence-corrected chi connectivity index (χ2v) is 8.11. The Balaban J connectivity index is 1.87. The first kappa shape index (κ1) is 15.6. The van der Waals surface area contributed by atoms with Gasteiger partial charge in [-0.3, -0.25) is 0 Å². The van der Waals surface area contributed by atoms with Crippen LogP contribution in [0.4, 0.5) is 0 Å². The Bertz CT molecular complexity index is 510. The van der Waals surface area contributed by atoms with Gasteiger partial charge in [-0.2, -0.15) is 0 Å². The average Bonchev–Trinajstić information content (AvgIpc) is 2.82. The fraction of sp³-hybridized carbons (Fsp3) is 0.286. The van der Waals surface area contributed by atoms with Crippen LogP contribution in [0, 0.1) is 0 Å². The van der Waals surface area contributed by atoms with Gasteiger partial charge in [0, 0.05) is 35.9 Å². The van der Waals surface area contributed by atoms with Crippen LogP contribution in [0.3, 0.4) is 0 Å². The van der Waals surface area contributed by atoms with Crippen molar-refractivity contribution >= 4 is 55.0 Å². The van der Waals surface area contributed by atoms with E-state index in [0.717, 1.165) is 16.6 Å². The molecule has 1 heterocycles. The first-order valence-corrected chi connectivity index (χ1v) is 9.41. The van der Waals surface area contributed by atoms with Gasteiger partial charge in [-0.15, -0.1) is 23.1 Å². The molecule has 1 aromatic carbocycles. The molecule has 1 aromatic heterocycles. The molecule has 1 atom stereocenters. The number of benzene rings is 1. The number of hydrogen-bond donors (Lipinski definition) is 1. The third kappa shape index (κ3) is 5.23. The highest BCUT2D eigenvalue weighted by Crippen LogP contribution is 2.24. The van der Waals surface area contributed by atoms with Crippen LogP contribution < -0.4 is 5.32 Å². The number of halogens is 2. The van der Waals surface area contributed by atoms with E-state index >= 15 is 0 Å². The van der Waals surface area contributed by atoms with Gasteiger partial charge in [0.1, 0.15) is 0 Å². The van der Waals surface area contributed by atoms with Gasteiger partial charge in [0.05, 0.1) is 0 Å². The van der Waals surface area contributed by atoms with E-state index < -0.39 is 0 Å². The highest BCUT2D eigenvalue weighted by Gasteiger charge is 2.09. The fourth-order valence-electron chi connectivity index (χ4n) is 1.68. The monoisotopic (exact) mass is 419 g/mol. The maximum Gasteiger partial charge on any atom is 0.0285 e. The van der Waals surface area contributed by atoms with Gasteiger partial charge in [0.2, 0.25) is 0 Å². The molecular weight excluding hydrogens is 406 g/mol. The second-order valence-electron chi connectivity index (χ2n) is 4.19. The predicted molar refractivity (Wildman–Crippen MR) is 93.4 cm³/mol. The summed E-state index contributed by atoms with van der Waals surface area (Å²) < 4.78 is 2.31. The topological polar surface area (TPSA) is 12.0 Å². The van der Waals surface area contributed by atoms with Gasteiger partial charge in [0.15, 0.2) is 0 Å². The van der Waals surface area contributed by atoms with Crippen molar-refractivity contribution in [3.05, 3.63) is 49.5 Å². The van der Waals surface area contributed by atoms with Crippen LogP contribution >= 0.6 is 55.0 Å². The molecular formula is C14H15Br2NS2. The van der Waals surface area contributed by atoms with Crippen molar-refractivity contribution in [1.82, 2.24) is 5.32 Å². The molecule has 5 heteroatoms. The lowest BCUT2D eigenvalue weighted by Crippen LogP contribution is -2.29. The SMILES string of the molecule is CNC(CSc1ccc(Br)cc1)Cc1cc(Br)cs1. The maximum atomic E-state index is 3.51. The van der Waals surface area contributed by atoms with E-state index in [1.165, 1.54) is 14.2 Å². The van der Waals surface area contributed by atoms with Gasteiger partial charge in [-0.1, -0.05) is 15.9 Å². The quantitative estimate of drug-likeness (QED) is 0.644. The molecule has 0 amide bonds. The van der Waals surface area contributed by atoms with Crippen molar-refractivity contribution in [3.63, 3.8) is 0 Å². The summed E-state index contributed by atoms with van der Waals surface area (Å²) in [5.41, 5.74) is 0. The zero-order chi connectivity index (χ0) is 13.7. The van der Waals surface area contributed by atoms with Crippen molar-refractivity contribution in [2.24, 2.45) is 0 Å². The molecule has 0 aliphatic heterocycles. The van der Waals surface area contributed by atoms with Crippen LogP contribution in [0.2, 0.25) is 0 Å². The molecule has 0 bridgehead atoms. The predicted octanol–water partition coefficient (Wildman–Crippen LogP) is 5.20. The average molecular weight is 421 g/mol. The van der Waals surface area contributed by atoms with Crippen LogP contribution in [-0.2, 0) is 6.42 Å². The minimum absolute atomic E-state index is 0.499. The van der Waals surface area contributed by atoms with E-state index in [1.807, 2.05) is 30.1 Å². The Kier molecular flexibility index (Phi) is 6.42. The van der Waals surface area contributed by atoms with Crippen LogP contribution in [0.1, 0.15) is 4.88 Å². The summed E-state index contributed by atoms with van der Waals surface area (Å²) in [6, 6.07) is 11.2. The minimum atomic E-state index is 0.499. The molecule has 0 aliphatic rings. The summed E-state index contributed by atoms with van der Waals surface area (Å²) >= 11 is 10.7. The molecule has 102 valence electrons. The van der Waals surface area contributed by atoms with Crippen molar-refractivity contribution in [1.29, 1.82) is 0 Å². The van der Waals surface area contributed by atoms with Gasteiger partial charge >= 0.3 is 0 Å². The summed E-state index contributed by atoms with van der Waals surface area (Å²) in [5.74, 6) is 1.08. The molecule has 19 heavy (non-hydrogen) atoms. The molecule has 1 unspecified atom stereocenters. The lowest BCUT2D eigenvalue weighted by Gasteiger charge is -2.14. The Morgan fingerprint density at radius 1 is 1.21 bits per heavy atom. The number of likely N-dealkylation sites (N-methyl/N-ethyl adjacent to an activating group) is 1. The Morgan fingerprint density at radius 3 is 2.53 bits per heavy atom. The van der Waals surface area contributed by atoms with Crippen LogP contribution in [0.5, 0.6) is 0 Å². The third-order valence-corrected chi connectivity index (χ3v) is 6.17. The molecule has 2 aromatic rings. The fourth-order valence-corrected chi connectivity index (χ4v) is 4.48. The number of nitrogens with one attached hydrogen (secondary N) is 1. The van der Waals surface area contributed by atoms with Crippen LogP contribution in [-0.4, -0.2) is 18.8 Å². The lowest BCUT2D eigenvalue weighted by atomic mass is 10.2. The summed E-state index contributed by atoms with van der Waals surface area (Å²) in [6.45, 7) is 0. The molecule has 1 N–H and O–H groups in total. The van der Waals surface area contributed by atoms with Crippen LogP contribution in [0.15, 0.2) is 49.6 Å². The lowest BCUT2D eigenvalue weighted by molar-refractivity contribution is 0.622. The zero-order valence-corrected chi connectivity index (χ0v) is 15.3. The molecule has 0 spiro atoms. The van der Waals surface area contributed by atoms with Gasteiger partial charge in [0.25, 0.3) is 0 Å². The molecule has 0 saturated heterocycles. The molecule has 0 fully saturated rings. The number of rotatable bonds is 6. The smallest absolute Gasteiger partial charge is 0.0285 e. The highest BCUT2D eigenvalue weighted by molar-refractivity contribution is 9.10. The summed E-state index contributed by atoms with van der Waals surface area (Å²) in [4.78, 5) is 2.73. The van der Waals surface area contributed by atoms with Crippen molar-refractivity contribution in [2.75, 3.05) is 12.8 Å². The molecule has 0 radical (unpaired) electrons. The first-order chi connectivity index (χ1) is 9.17. The highest BCUT2D eigenvalue weighted by atomic mass is 79.9. The number of hydrogen-bond acceptors (Lipinski definition) is 3. The molecule has 0 aliphatic carbocycles. The van der Waals surface area contributed by atoms with Crippen LogP contribution in [0.25, 0.3) is 0 Å². The normalized spacial score (nSPS) is 12.6. The second kappa shape index (κ2) is 7.84. The molecule has 1 nitrogen and oxygen atoms in total. The minimum Gasteiger partial charge on any atom is -0.316 e. The third-order valence-electron chi connectivity index (χ3n) is 2.74. The van der Waals surface area contributed by atoms with Crippen molar-refractivity contribution in [2.45, 2.75) is 17.4 Å². The molecule has 0 saturated carbocycles. The zero-order valence-electron chi connectivity index (χ0n) is 10.5. The van der Waals surface area contributed by atoms with E-state index in [9.17, 15) is 0 Å². The summed E-state index contributed by atoms with van der Waals surface area (Å²) in [7, 11) is 2.04. The Morgan fingerprint density at radius 2 is 1.95 bits per heavy atom. The van der Waals surface area contributed by atoms with Gasteiger partial charge in [-0.25, -0.2) is 0 Å². The number of thioether (sulfide) groups is 1. The number of thiophene rings is 1. The van der Waals surface area contributed by atoms with Gasteiger partial charge < -0.3 is 5.32 Å². The summed E-state index contributed by atoms with van der Waals surface area (Å²) in [6.07, 6.45) is 1.08. The van der Waals surface area contributed by atoms with E-state index in [0.29, 0.717) is 6.04 Å².